The predicted octanol–water partition coefficient (Wildman–Crippen LogP) is 2.33. The number of ketones is 1. The summed E-state index contributed by atoms with van der Waals surface area (Å²) in [6.07, 6.45) is 1.22. The molecular formula is C9H9ClN2O. The lowest BCUT2D eigenvalue weighted by atomic mass is 10.3. The lowest BCUT2D eigenvalue weighted by molar-refractivity contribution is -0.110. The van der Waals surface area contributed by atoms with Crippen molar-refractivity contribution in [2.45, 2.75) is 6.92 Å². The number of hydrogen-bond acceptors (Lipinski definition) is 3. The molecule has 0 spiro atoms. The lowest BCUT2D eigenvalue weighted by Crippen LogP contribution is -1.95. The van der Waals surface area contributed by atoms with E-state index >= 15 is 0 Å². The molecule has 1 aromatic rings. The van der Waals surface area contributed by atoms with E-state index in [0.717, 1.165) is 5.69 Å². The molecule has 0 atom stereocenters. The van der Waals surface area contributed by atoms with Crippen molar-refractivity contribution in [2.75, 3.05) is 5.43 Å². The van der Waals surface area contributed by atoms with E-state index in [1.54, 1.807) is 24.3 Å². The molecule has 3 nitrogen and oxygen atoms in total. The fourth-order valence-electron chi connectivity index (χ4n) is 0.722. The highest BCUT2D eigenvalue weighted by atomic mass is 35.5. The van der Waals surface area contributed by atoms with Crippen molar-refractivity contribution >= 4 is 29.3 Å². The Balaban J connectivity index is 2.55. The first kappa shape index (κ1) is 9.74. The first-order chi connectivity index (χ1) is 6.18. The number of Topliss-reactive ketones (excluding diaryl/α,β-unsaturated/α-hetero) is 1. The molecule has 0 fully saturated rings. The topological polar surface area (TPSA) is 41.5 Å². The van der Waals surface area contributed by atoms with E-state index in [2.05, 4.69) is 10.5 Å². The van der Waals surface area contributed by atoms with Gasteiger partial charge in [0.1, 0.15) is 0 Å². The minimum atomic E-state index is -0.0959. The van der Waals surface area contributed by atoms with E-state index in [9.17, 15) is 4.79 Å². The Morgan fingerprint density at radius 1 is 1.46 bits per heavy atom. The van der Waals surface area contributed by atoms with E-state index in [-0.39, 0.29) is 5.78 Å². The Morgan fingerprint density at radius 3 is 2.62 bits per heavy atom. The van der Waals surface area contributed by atoms with Gasteiger partial charge in [0.15, 0.2) is 5.78 Å². The van der Waals surface area contributed by atoms with E-state index in [4.69, 9.17) is 11.6 Å². The van der Waals surface area contributed by atoms with Gasteiger partial charge in [-0.05, 0) is 24.3 Å². The van der Waals surface area contributed by atoms with Crippen molar-refractivity contribution < 1.29 is 4.79 Å². The molecule has 68 valence electrons. The van der Waals surface area contributed by atoms with Gasteiger partial charge < -0.3 is 0 Å². The van der Waals surface area contributed by atoms with Gasteiger partial charge in [0, 0.05) is 11.9 Å². The lowest BCUT2D eigenvalue weighted by Gasteiger charge is -1.98. The highest BCUT2D eigenvalue weighted by molar-refractivity contribution is 6.30. The van der Waals surface area contributed by atoms with Crippen molar-refractivity contribution in [1.82, 2.24) is 0 Å². The standard InChI is InChI=1S/C9H9ClN2O/c1-7(13)6-11-12-9-4-2-8(10)3-5-9/h2-6,12H,1H3/b11-6+. The van der Waals surface area contributed by atoms with Gasteiger partial charge in [0.25, 0.3) is 0 Å². The van der Waals surface area contributed by atoms with Crippen LogP contribution < -0.4 is 5.43 Å². The second-order valence-corrected chi connectivity index (χ2v) is 2.92. The molecule has 0 radical (unpaired) electrons. The van der Waals surface area contributed by atoms with Crippen molar-refractivity contribution in [1.29, 1.82) is 0 Å². The number of benzene rings is 1. The van der Waals surface area contributed by atoms with E-state index in [0.29, 0.717) is 5.02 Å². The van der Waals surface area contributed by atoms with Crippen LogP contribution in [-0.4, -0.2) is 12.0 Å². The Labute approximate surface area is 81.4 Å². The zero-order chi connectivity index (χ0) is 9.68. The molecule has 4 heteroatoms. The molecular weight excluding hydrogens is 188 g/mol. The first-order valence-corrected chi connectivity index (χ1v) is 4.11. The number of hydrazone groups is 1. The van der Waals surface area contributed by atoms with Gasteiger partial charge in [-0.15, -0.1) is 0 Å². The summed E-state index contributed by atoms with van der Waals surface area (Å²) < 4.78 is 0. The molecule has 0 bridgehead atoms. The quantitative estimate of drug-likeness (QED) is 0.596. The highest BCUT2D eigenvalue weighted by Crippen LogP contribution is 2.12. The average Bonchev–Trinajstić information content (AvgIpc) is 2.08. The Kier molecular flexibility index (Phi) is 3.46. The van der Waals surface area contributed by atoms with Crippen molar-refractivity contribution in [3.8, 4) is 0 Å². The number of carbonyl (C=O) groups excluding carboxylic acids is 1. The van der Waals surface area contributed by atoms with Crippen LogP contribution in [0.15, 0.2) is 29.4 Å². The molecule has 1 aromatic carbocycles. The normalized spacial score (nSPS) is 10.3. The molecule has 0 saturated carbocycles. The van der Waals surface area contributed by atoms with Crippen LogP contribution in [0, 0.1) is 0 Å². The van der Waals surface area contributed by atoms with Gasteiger partial charge in [-0.3, -0.25) is 10.2 Å². The fraction of sp³-hybridized carbons (Fsp3) is 0.111. The smallest absolute Gasteiger partial charge is 0.172 e. The predicted molar refractivity (Wildman–Crippen MR) is 54.2 cm³/mol. The van der Waals surface area contributed by atoms with Crippen LogP contribution in [0.25, 0.3) is 0 Å². The van der Waals surface area contributed by atoms with Crippen molar-refractivity contribution in [3.05, 3.63) is 29.3 Å². The molecule has 0 aromatic heterocycles. The summed E-state index contributed by atoms with van der Waals surface area (Å²) in [5.41, 5.74) is 3.49. The van der Waals surface area contributed by atoms with Crippen molar-refractivity contribution in [3.63, 3.8) is 0 Å². The molecule has 1 rings (SSSR count). The van der Waals surface area contributed by atoms with Crippen LogP contribution in [0.5, 0.6) is 0 Å². The number of anilines is 1. The SMILES string of the molecule is CC(=O)/C=N/Nc1ccc(Cl)cc1. The van der Waals surface area contributed by atoms with Gasteiger partial charge in [-0.2, -0.15) is 5.10 Å². The van der Waals surface area contributed by atoms with E-state index < -0.39 is 0 Å². The minimum Gasteiger partial charge on any atom is -0.293 e. The number of carbonyl (C=O) groups is 1. The molecule has 0 aliphatic heterocycles. The van der Waals surface area contributed by atoms with Gasteiger partial charge >= 0.3 is 0 Å². The van der Waals surface area contributed by atoms with Crippen LogP contribution in [0.2, 0.25) is 5.02 Å². The maximum Gasteiger partial charge on any atom is 0.172 e. The Bertz CT molecular complexity index is 319. The second-order valence-electron chi connectivity index (χ2n) is 2.49. The molecule has 0 unspecified atom stereocenters. The number of hydrogen-bond donors (Lipinski definition) is 1. The third kappa shape index (κ3) is 3.71. The van der Waals surface area contributed by atoms with E-state index in [1.165, 1.54) is 13.1 Å². The molecule has 0 amide bonds. The fourth-order valence-corrected chi connectivity index (χ4v) is 0.848. The van der Waals surface area contributed by atoms with Gasteiger partial charge in [0.05, 0.1) is 11.9 Å². The summed E-state index contributed by atoms with van der Waals surface area (Å²) >= 11 is 5.68. The van der Waals surface area contributed by atoms with Crippen LogP contribution in [0.4, 0.5) is 5.69 Å². The van der Waals surface area contributed by atoms with Crippen molar-refractivity contribution in [2.24, 2.45) is 5.10 Å². The zero-order valence-corrected chi connectivity index (χ0v) is 7.88. The maximum absolute atomic E-state index is 10.5. The van der Waals surface area contributed by atoms with Crippen LogP contribution in [0.3, 0.4) is 0 Å². The maximum atomic E-state index is 10.5. The average molecular weight is 197 g/mol. The Hall–Kier alpha value is -1.35. The van der Waals surface area contributed by atoms with Gasteiger partial charge in [-0.1, -0.05) is 11.6 Å². The molecule has 0 aliphatic carbocycles. The molecule has 0 aliphatic rings. The Morgan fingerprint density at radius 2 is 2.08 bits per heavy atom. The summed E-state index contributed by atoms with van der Waals surface area (Å²) in [7, 11) is 0. The minimum absolute atomic E-state index is 0.0959. The molecule has 13 heavy (non-hydrogen) atoms. The summed E-state index contributed by atoms with van der Waals surface area (Å²) in [6.45, 7) is 1.44. The summed E-state index contributed by atoms with van der Waals surface area (Å²) in [5.74, 6) is -0.0959. The summed E-state index contributed by atoms with van der Waals surface area (Å²) in [4.78, 5) is 10.5. The summed E-state index contributed by atoms with van der Waals surface area (Å²) in [6, 6.07) is 7.04. The monoisotopic (exact) mass is 196 g/mol. The summed E-state index contributed by atoms with van der Waals surface area (Å²) in [5, 5.41) is 4.37. The van der Waals surface area contributed by atoms with E-state index in [1.807, 2.05) is 0 Å². The number of nitrogens with zero attached hydrogens (tertiary/aromatic N) is 1. The molecule has 0 saturated heterocycles. The molecule has 1 N–H and O–H groups in total. The molecule has 0 heterocycles. The van der Waals surface area contributed by atoms with Crippen LogP contribution >= 0.6 is 11.6 Å². The third-order valence-corrected chi connectivity index (χ3v) is 1.54. The number of halogens is 1. The first-order valence-electron chi connectivity index (χ1n) is 3.73. The van der Waals surface area contributed by atoms with Crippen LogP contribution in [-0.2, 0) is 4.79 Å². The van der Waals surface area contributed by atoms with Gasteiger partial charge in [0.2, 0.25) is 0 Å². The van der Waals surface area contributed by atoms with Crippen LogP contribution in [0.1, 0.15) is 6.92 Å². The number of rotatable bonds is 3. The largest absolute Gasteiger partial charge is 0.293 e. The third-order valence-electron chi connectivity index (χ3n) is 1.28. The highest BCUT2D eigenvalue weighted by Gasteiger charge is 1.89. The second kappa shape index (κ2) is 4.62. The van der Waals surface area contributed by atoms with Gasteiger partial charge in [-0.25, -0.2) is 0 Å². The number of nitrogens with one attached hydrogen (secondary N) is 1. The zero-order valence-electron chi connectivity index (χ0n) is 7.12.